The number of hydrogen-bond acceptors (Lipinski definition) is 3. The third-order valence-corrected chi connectivity index (χ3v) is 3.89. The van der Waals surface area contributed by atoms with Gasteiger partial charge in [-0.2, -0.15) is 0 Å². The van der Waals surface area contributed by atoms with Gasteiger partial charge in [-0.25, -0.2) is 0 Å². The number of thioether (sulfide) groups is 1. The molecule has 1 fully saturated rings. The molecule has 1 unspecified atom stereocenters. The number of hydrogen-bond donors (Lipinski definition) is 0. The van der Waals surface area contributed by atoms with Crippen LogP contribution in [-0.2, 0) is 4.79 Å². The number of rotatable bonds is 1. The summed E-state index contributed by atoms with van der Waals surface area (Å²) < 4.78 is 0. The monoisotopic (exact) mass is 218 g/mol. The summed E-state index contributed by atoms with van der Waals surface area (Å²) in [5.74, 6) is 0.183. The second-order valence-corrected chi connectivity index (χ2v) is 4.64. The topological polar surface area (TPSA) is 32.7 Å². The largest absolute Gasteiger partial charge is 0.288 e. The Balaban J connectivity index is 1.94. The van der Waals surface area contributed by atoms with E-state index in [4.69, 9.17) is 0 Å². The molecule has 1 aromatic rings. The molecular formula is C11H10N2OS. The molecule has 76 valence electrons. The van der Waals surface area contributed by atoms with Crippen molar-refractivity contribution in [2.24, 2.45) is 4.99 Å². The van der Waals surface area contributed by atoms with Gasteiger partial charge in [0.2, 0.25) is 5.91 Å². The predicted octanol–water partition coefficient (Wildman–Crippen LogP) is 1.67. The quantitative estimate of drug-likeness (QED) is 0.718. The molecule has 3 nitrogen and oxygen atoms in total. The number of benzene rings is 1. The molecule has 0 aliphatic carbocycles. The first-order chi connectivity index (χ1) is 7.36. The van der Waals surface area contributed by atoms with Crippen molar-refractivity contribution >= 4 is 22.8 Å². The Morgan fingerprint density at radius 3 is 2.87 bits per heavy atom. The highest BCUT2D eigenvalue weighted by molar-refractivity contribution is 8.15. The van der Waals surface area contributed by atoms with Gasteiger partial charge in [0.1, 0.15) is 5.25 Å². The Morgan fingerprint density at radius 1 is 1.33 bits per heavy atom. The Morgan fingerprint density at radius 2 is 2.13 bits per heavy atom. The molecule has 0 spiro atoms. The van der Waals surface area contributed by atoms with E-state index in [1.807, 2.05) is 30.3 Å². The standard InChI is InChI=1S/C11H10N2OS/c14-10-9(8-4-2-1-3-5-8)15-11-12-6-7-13(10)11/h1-5,9H,6-7H2. The van der Waals surface area contributed by atoms with E-state index in [1.165, 1.54) is 0 Å². The smallest absolute Gasteiger partial charge is 0.246 e. The number of amidine groups is 1. The average molecular weight is 218 g/mol. The summed E-state index contributed by atoms with van der Waals surface area (Å²) in [4.78, 5) is 18.1. The van der Waals surface area contributed by atoms with Gasteiger partial charge in [-0.3, -0.25) is 14.7 Å². The highest BCUT2D eigenvalue weighted by Gasteiger charge is 2.40. The first-order valence-corrected chi connectivity index (χ1v) is 5.81. The van der Waals surface area contributed by atoms with Crippen molar-refractivity contribution in [2.75, 3.05) is 13.1 Å². The van der Waals surface area contributed by atoms with E-state index in [-0.39, 0.29) is 11.2 Å². The van der Waals surface area contributed by atoms with Crippen LogP contribution in [0.2, 0.25) is 0 Å². The van der Waals surface area contributed by atoms with Gasteiger partial charge in [0.15, 0.2) is 5.17 Å². The summed E-state index contributed by atoms with van der Waals surface area (Å²) >= 11 is 1.57. The van der Waals surface area contributed by atoms with Crippen LogP contribution >= 0.6 is 11.8 Å². The Labute approximate surface area is 92.2 Å². The molecule has 2 aliphatic rings. The Kier molecular flexibility index (Phi) is 2.02. The van der Waals surface area contributed by atoms with Crippen molar-refractivity contribution in [2.45, 2.75) is 5.25 Å². The summed E-state index contributed by atoms with van der Waals surface area (Å²) in [6, 6.07) is 9.89. The minimum absolute atomic E-state index is 0.0785. The van der Waals surface area contributed by atoms with E-state index in [0.29, 0.717) is 0 Å². The molecule has 15 heavy (non-hydrogen) atoms. The van der Waals surface area contributed by atoms with Crippen LogP contribution in [0.5, 0.6) is 0 Å². The van der Waals surface area contributed by atoms with Crippen molar-refractivity contribution in [3.8, 4) is 0 Å². The molecule has 1 amide bonds. The lowest BCUT2D eigenvalue weighted by molar-refractivity contribution is -0.125. The van der Waals surface area contributed by atoms with Gasteiger partial charge in [0, 0.05) is 6.54 Å². The van der Waals surface area contributed by atoms with E-state index in [9.17, 15) is 4.79 Å². The first kappa shape index (κ1) is 8.97. The number of nitrogens with zero attached hydrogens (tertiary/aromatic N) is 2. The van der Waals surface area contributed by atoms with E-state index in [2.05, 4.69) is 4.99 Å². The van der Waals surface area contributed by atoms with Crippen LogP contribution in [0, 0.1) is 0 Å². The van der Waals surface area contributed by atoms with E-state index >= 15 is 0 Å². The molecule has 0 aromatic heterocycles. The van der Waals surface area contributed by atoms with Gasteiger partial charge in [0.05, 0.1) is 6.54 Å². The average Bonchev–Trinajstić information content (AvgIpc) is 2.83. The molecule has 0 saturated carbocycles. The number of carbonyl (C=O) groups excluding carboxylic acids is 1. The molecular weight excluding hydrogens is 208 g/mol. The highest BCUT2D eigenvalue weighted by Crippen LogP contribution is 2.40. The van der Waals surface area contributed by atoms with E-state index in [1.54, 1.807) is 16.7 Å². The third kappa shape index (κ3) is 1.36. The summed E-state index contributed by atoms with van der Waals surface area (Å²) in [5, 5.41) is 0.819. The van der Waals surface area contributed by atoms with E-state index in [0.717, 1.165) is 23.8 Å². The lowest BCUT2D eigenvalue weighted by atomic mass is 10.1. The van der Waals surface area contributed by atoms with Crippen molar-refractivity contribution in [1.29, 1.82) is 0 Å². The minimum atomic E-state index is -0.0785. The van der Waals surface area contributed by atoms with Gasteiger partial charge in [-0.15, -0.1) is 0 Å². The summed E-state index contributed by atoms with van der Waals surface area (Å²) in [5.41, 5.74) is 1.07. The summed E-state index contributed by atoms with van der Waals surface area (Å²) in [6.07, 6.45) is 0. The normalized spacial score (nSPS) is 24.3. The zero-order valence-electron chi connectivity index (χ0n) is 8.09. The highest BCUT2D eigenvalue weighted by atomic mass is 32.2. The van der Waals surface area contributed by atoms with Gasteiger partial charge >= 0.3 is 0 Å². The third-order valence-electron chi connectivity index (χ3n) is 2.62. The van der Waals surface area contributed by atoms with Crippen molar-refractivity contribution < 1.29 is 4.79 Å². The van der Waals surface area contributed by atoms with E-state index < -0.39 is 0 Å². The molecule has 1 aromatic carbocycles. The minimum Gasteiger partial charge on any atom is -0.288 e. The molecule has 2 aliphatic heterocycles. The lowest BCUT2D eigenvalue weighted by Gasteiger charge is -2.09. The molecule has 1 atom stereocenters. The second-order valence-electron chi connectivity index (χ2n) is 3.56. The zero-order valence-corrected chi connectivity index (χ0v) is 8.91. The van der Waals surface area contributed by atoms with Gasteiger partial charge in [0.25, 0.3) is 0 Å². The predicted molar refractivity (Wildman–Crippen MR) is 60.8 cm³/mol. The maximum Gasteiger partial charge on any atom is 0.246 e. The number of fused-ring (bicyclic) bond motifs is 1. The van der Waals surface area contributed by atoms with Crippen LogP contribution in [-0.4, -0.2) is 29.1 Å². The van der Waals surface area contributed by atoms with Gasteiger partial charge in [-0.05, 0) is 5.56 Å². The maximum absolute atomic E-state index is 12.0. The van der Waals surface area contributed by atoms with Crippen LogP contribution in [0.1, 0.15) is 10.8 Å². The number of carbonyl (C=O) groups is 1. The fourth-order valence-corrected chi connectivity index (χ4v) is 3.07. The Hall–Kier alpha value is -1.29. The maximum atomic E-state index is 12.0. The van der Waals surface area contributed by atoms with Crippen molar-refractivity contribution in [3.05, 3.63) is 35.9 Å². The summed E-state index contributed by atoms with van der Waals surface area (Å²) in [6.45, 7) is 1.51. The van der Waals surface area contributed by atoms with Gasteiger partial charge < -0.3 is 0 Å². The zero-order chi connectivity index (χ0) is 10.3. The SMILES string of the molecule is O=C1C(c2ccccc2)SC2=NCCN12. The van der Waals surface area contributed by atoms with Crippen LogP contribution in [0.25, 0.3) is 0 Å². The Bertz CT molecular complexity index is 429. The second kappa shape index (κ2) is 3.38. The number of amides is 1. The van der Waals surface area contributed by atoms with Crippen molar-refractivity contribution in [3.63, 3.8) is 0 Å². The summed E-state index contributed by atoms with van der Waals surface area (Å²) in [7, 11) is 0. The fraction of sp³-hybridized carbons (Fsp3) is 0.273. The van der Waals surface area contributed by atoms with Gasteiger partial charge in [-0.1, -0.05) is 42.1 Å². The molecule has 0 radical (unpaired) electrons. The van der Waals surface area contributed by atoms with Crippen LogP contribution in [0.15, 0.2) is 35.3 Å². The first-order valence-electron chi connectivity index (χ1n) is 4.94. The molecule has 3 rings (SSSR count). The number of aliphatic imine (C=N–C) groups is 1. The van der Waals surface area contributed by atoms with Crippen LogP contribution < -0.4 is 0 Å². The molecule has 1 saturated heterocycles. The molecule has 2 heterocycles. The molecule has 0 N–H and O–H groups in total. The van der Waals surface area contributed by atoms with Crippen LogP contribution in [0.4, 0.5) is 0 Å². The fourth-order valence-electron chi connectivity index (χ4n) is 1.87. The molecule has 0 bridgehead atoms. The van der Waals surface area contributed by atoms with Crippen molar-refractivity contribution in [1.82, 2.24) is 4.90 Å². The van der Waals surface area contributed by atoms with Crippen LogP contribution in [0.3, 0.4) is 0 Å². The lowest BCUT2D eigenvalue weighted by Crippen LogP contribution is -2.27. The molecule has 4 heteroatoms.